The number of pyridine rings is 2. The molecule has 0 spiro atoms. The smallest absolute Gasteiger partial charge is 0.408 e. The molecular weight excluding hydrogens is 1080 g/mol. The van der Waals surface area contributed by atoms with Crippen LogP contribution in [0.1, 0.15) is 92.9 Å². The highest BCUT2D eigenvalue weighted by Crippen LogP contribution is 2.47. The Bertz CT molecular complexity index is 3940. The van der Waals surface area contributed by atoms with Gasteiger partial charge in [-0.1, -0.05) is 133 Å². The molecule has 0 radical (unpaired) electrons. The predicted octanol–water partition coefficient (Wildman–Crippen LogP) is 16.6. The third-order valence-electron chi connectivity index (χ3n) is 16.4. The lowest BCUT2D eigenvalue weighted by atomic mass is 9.71. The van der Waals surface area contributed by atoms with Gasteiger partial charge in [-0.15, -0.1) is 23.2 Å². The number of ether oxygens (including phenoxy) is 1. The summed E-state index contributed by atoms with van der Waals surface area (Å²) < 4.78 is 10.2. The molecule has 4 aromatic heterocycles. The SMILES string of the molecule is CC(C)(C)OC(=O)NC1(c2ccc(-c3c(CCc4ccccc4)nc4n3-c3cccnc3Nc3ccccc3-4)cc2)CCC1.ClCCl.NC1(c2ccc(-c3c(CCc4ccccc4)nc4n3-c3cccnc3Nc3ccccc3-4)cc2)CCC1. The Labute approximate surface area is 501 Å². The Kier molecular flexibility index (Phi) is 16.0. The van der Waals surface area contributed by atoms with Gasteiger partial charge in [0.15, 0.2) is 11.6 Å². The van der Waals surface area contributed by atoms with Crippen LogP contribution in [-0.2, 0) is 41.5 Å². The van der Waals surface area contributed by atoms with Gasteiger partial charge in [0.2, 0.25) is 0 Å². The molecule has 0 unspecified atom stereocenters. The molecule has 0 bridgehead atoms. The quantitative estimate of drug-likeness (QED) is 0.0929. The van der Waals surface area contributed by atoms with E-state index in [9.17, 15) is 4.79 Å². The first-order chi connectivity index (χ1) is 40.9. The molecule has 12 nitrogen and oxygen atoms in total. The van der Waals surface area contributed by atoms with E-state index in [1.54, 1.807) is 0 Å². The number of aromatic nitrogens is 6. The fourth-order valence-corrected chi connectivity index (χ4v) is 12.0. The molecule has 5 N–H and O–H groups in total. The summed E-state index contributed by atoms with van der Waals surface area (Å²) in [5.41, 5.74) is 23.0. The van der Waals surface area contributed by atoms with Crippen LogP contribution < -0.4 is 21.7 Å². The van der Waals surface area contributed by atoms with Crippen molar-refractivity contribution in [3.63, 3.8) is 0 Å². The van der Waals surface area contributed by atoms with Gasteiger partial charge in [-0.25, -0.2) is 24.7 Å². The number of benzene rings is 6. The topological polar surface area (TPSA) is 150 Å². The van der Waals surface area contributed by atoms with Crippen LogP contribution in [0.15, 0.2) is 194 Å². The number of para-hydroxylation sites is 2. The Morgan fingerprint density at radius 3 is 1.40 bits per heavy atom. The van der Waals surface area contributed by atoms with Gasteiger partial charge in [0.1, 0.15) is 17.2 Å². The minimum atomic E-state index is -0.548. The Hall–Kier alpha value is -8.55. The number of rotatable bonds is 11. The van der Waals surface area contributed by atoms with E-state index in [4.69, 9.17) is 53.6 Å². The molecule has 2 saturated carbocycles. The van der Waals surface area contributed by atoms with Gasteiger partial charge in [-0.05, 0) is 156 Å². The normalized spacial score (nSPS) is 14.5. The van der Waals surface area contributed by atoms with Crippen LogP contribution in [0.3, 0.4) is 0 Å². The number of alkyl halides is 2. The van der Waals surface area contributed by atoms with E-state index in [1.807, 2.05) is 57.4 Å². The Morgan fingerprint density at radius 2 is 0.988 bits per heavy atom. The number of aryl methyl sites for hydroxylation is 4. The van der Waals surface area contributed by atoms with E-state index in [0.29, 0.717) is 0 Å². The van der Waals surface area contributed by atoms with Crippen LogP contribution in [0.2, 0.25) is 0 Å². The number of halogens is 2. The highest BCUT2D eigenvalue weighted by Gasteiger charge is 2.41. The molecule has 2 aliphatic heterocycles. The zero-order valence-electron chi connectivity index (χ0n) is 47.6. The van der Waals surface area contributed by atoms with E-state index in [1.165, 1.54) is 23.1 Å². The van der Waals surface area contributed by atoms with E-state index >= 15 is 0 Å². The maximum Gasteiger partial charge on any atom is 0.408 e. The second-order valence-electron chi connectivity index (χ2n) is 23.0. The first kappa shape index (κ1) is 56.0. The van der Waals surface area contributed by atoms with Crippen molar-refractivity contribution < 1.29 is 9.53 Å². The number of carbonyl (C=O) groups excluding carboxylic acids is 1. The van der Waals surface area contributed by atoms with Crippen LogP contribution in [0, 0.1) is 0 Å². The molecule has 1 amide bonds. The van der Waals surface area contributed by atoms with E-state index in [0.717, 1.165) is 154 Å². The minimum absolute atomic E-state index is 0.178. The van der Waals surface area contributed by atoms with E-state index in [2.05, 4.69) is 183 Å². The van der Waals surface area contributed by atoms with Crippen LogP contribution in [0.5, 0.6) is 0 Å². The van der Waals surface area contributed by atoms with Crippen LogP contribution >= 0.6 is 23.2 Å². The van der Waals surface area contributed by atoms with Crippen molar-refractivity contribution >= 4 is 52.3 Å². The standard InChI is InChI=1S/C37H37N5O2.C32H29N5.CH2Cl2/c1-36(2,3)44-35(43)41-37(22-10-23-37)27-19-17-26(18-20-27)32-30(21-16-25-11-5-4-6-12-25)40-34-28-13-7-8-14-29(28)39-33-31(42(32)34)15-9-24-38-33;33-32(19-7-20-32)24-16-14-23(15-17-24)29-27(18-13-22-8-2-1-3-9-22)36-31-25-10-4-5-11-26(25)35-30-28(37(29)31)12-6-21-34-30;2-1-3/h4-9,11-15,17-20,24H,10,16,21-23H2,1-3H3,(H,38,39)(H,41,43);1-6,8-12,14-17,21H,7,13,18-20,33H2,(H,34,35);1H2. The Morgan fingerprint density at radius 1 is 0.560 bits per heavy atom. The highest BCUT2D eigenvalue weighted by molar-refractivity contribution is 6.40. The Balaban J connectivity index is 0.000000160. The van der Waals surface area contributed by atoms with Crippen LogP contribution in [0.25, 0.3) is 56.7 Å². The molecule has 0 atom stereocenters. The number of carbonyl (C=O) groups is 1. The summed E-state index contributed by atoms with van der Waals surface area (Å²) in [5.74, 6) is 3.45. The summed E-state index contributed by atoms with van der Waals surface area (Å²) in [6.45, 7) is 5.67. The summed E-state index contributed by atoms with van der Waals surface area (Å²) in [6.07, 6.45) is 12.9. The second-order valence-corrected chi connectivity index (χ2v) is 23.8. The summed E-state index contributed by atoms with van der Waals surface area (Å²) in [7, 11) is 0. The van der Waals surface area contributed by atoms with Gasteiger partial charge >= 0.3 is 6.09 Å². The molecular formula is C70H68Cl2N10O2. The number of imidazole rings is 2. The molecule has 2 aliphatic carbocycles. The number of amides is 1. The molecule has 6 aromatic carbocycles. The van der Waals surface area contributed by atoms with Gasteiger partial charge in [-0.2, -0.15) is 0 Å². The number of nitrogens with two attached hydrogens (primary N) is 1. The lowest BCUT2D eigenvalue weighted by Gasteiger charge is -2.43. The zero-order chi connectivity index (χ0) is 57.8. The van der Waals surface area contributed by atoms with Crippen molar-refractivity contribution in [3.05, 3.63) is 228 Å². The van der Waals surface area contributed by atoms with Gasteiger partial charge in [0.25, 0.3) is 0 Å². The summed E-state index contributed by atoms with van der Waals surface area (Å²) in [6, 6.07) is 63.5. The summed E-state index contributed by atoms with van der Waals surface area (Å²) in [4.78, 5) is 32.9. The van der Waals surface area contributed by atoms with Gasteiger partial charge < -0.3 is 26.4 Å². The fourth-order valence-electron chi connectivity index (χ4n) is 12.0. The number of nitrogens with zero attached hydrogens (tertiary/aromatic N) is 6. The first-order valence-electron chi connectivity index (χ1n) is 29.0. The minimum Gasteiger partial charge on any atom is -0.444 e. The molecule has 0 saturated heterocycles. The van der Waals surface area contributed by atoms with Crippen molar-refractivity contribution in [2.75, 3.05) is 16.0 Å². The van der Waals surface area contributed by atoms with Crippen molar-refractivity contribution in [2.45, 2.75) is 102 Å². The zero-order valence-corrected chi connectivity index (χ0v) is 49.1. The number of hydrogen-bond acceptors (Lipinski definition) is 9. The largest absolute Gasteiger partial charge is 0.444 e. The molecule has 6 heterocycles. The van der Waals surface area contributed by atoms with Crippen LogP contribution in [-0.4, -0.2) is 46.1 Å². The number of fused-ring (bicyclic) bond motifs is 10. The lowest BCUT2D eigenvalue weighted by molar-refractivity contribution is 0.0377. The maximum atomic E-state index is 12.8. The number of anilines is 4. The molecule has 424 valence electrons. The number of nitrogens with one attached hydrogen (secondary N) is 3. The average Bonchev–Trinajstić information content (AvgIpc) is 4.26. The van der Waals surface area contributed by atoms with Gasteiger partial charge in [0, 0.05) is 40.2 Å². The van der Waals surface area contributed by atoms with Crippen molar-refractivity contribution in [2.24, 2.45) is 5.73 Å². The fraction of sp³-hybridized carbons (Fsp3) is 0.243. The van der Waals surface area contributed by atoms with Crippen molar-refractivity contribution in [1.82, 2.24) is 34.4 Å². The summed E-state index contributed by atoms with van der Waals surface area (Å²) in [5, 5.41) is 10.5. The van der Waals surface area contributed by atoms with Crippen LogP contribution in [0.4, 0.5) is 27.8 Å². The molecule has 14 heteroatoms. The predicted molar refractivity (Wildman–Crippen MR) is 340 cm³/mol. The molecule has 14 rings (SSSR count). The highest BCUT2D eigenvalue weighted by atomic mass is 35.5. The third-order valence-corrected chi connectivity index (χ3v) is 16.4. The van der Waals surface area contributed by atoms with Gasteiger partial charge in [-0.3, -0.25) is 9.13 Å². The first-order valence-corrected chi connectivity index (χ1v) is 30.1. The lowest BCUT2D eigenvalue weighted by Crippen LogP contribution is -2.52. The number of alkyl carbamates (subject to hydrolysis) is 1. The van der Waals surface area contributed by atoms with E-state index in [-0.39, 0.29) is 17.0 Å². The third kappa shape index (κ3) is 11.5. The van der Waals surface area contributed by atoms with Crippen molar-refractivity contribution in [3.8, 4) is 56.7 Å². The summed E-state index contributed by atoms with van der Waals surface area (Å²) >= 11 is 9.53. The molecule has 84 heavy (non-hydrogen) atoms. The van der Waals surface area contributed by atoms with E-state index < -0.39 is 11.1 Å². The molecule has 10 aromatic rings. The monoisotopic (exact) mass is 1150 g/mol. The molecule has 4 aliphatic rings. The second kappa shape index (κ2) is 24.0. The van der Waals surface area contributed by atoms with Crippen molar-refractivity contribution in [1.29, 1.82) is 0 Å². The maximum absolute atomic E-state index is 12.8. The van der Waals surface area contributed by atoms with Gasteiger partial charge in [0.05, 0.1) is 56.4 Å². The number of hydrogen-bond donors (Lipinski definition) is 4. The average molecular weight is 1150 g/mol. The molecule has 2 fully saturated rings.